The number of nitrogens with one attached hydrogen (secondary N) is 1. The minimum atomic E-state index is 0.707. The second-order valence-electron chi connectivity index (χ2n) is 5.51. The van der Waals surface area contributed by atoms with Gasteiger partial charge in [-0.25, -0.2) is 0 Å². The molecule has 0 saturated carbocycles. The lowest BCUT2D eigenvalue weighted by atomic mass is 10.1. The molecule has 0 heterocycles. The number of rotatable bonds is 9. The lowest BCUT2D eigenvalue weighted by molar-refractivity contribution is 0.117. The van der Waals surface area contributed by atoms with Crippen LogP contribution in [0.25, 0.3) is 0 Å². The standard InChI is InChI=1S/C19H24ClNO/c1-16-13-18(9-10-19(16)20)14-21-11-5-6-12-22-15-17-7-3-2-4-8-17/h2-4,7-10,13,21H,5-6,11-12,14-15H2,1H3. The van der Waals surface area contributed by atoms with Crippen LogP contribution in [-0.4, -0.2) is 13.2 Å². The van der Waals surface area contributed by atoms with E-state index in [4.69, 9.17) is 16.3 Å². The summed E-state index contributed by atoms with van der Waals surface area (Å²) < 4.78 is 5.67. The Kier molecular flexibility index (Phi) is 7.44. The van der Waals surface area contributed by atoms with Crippen LogP contribution in [0, 0.1) is 6.92 Å². The molecule has 0 aliphatic rings. The van der Waals surface area contributed by atoms with E-state index < -0.39 is 0 Å². The Bertz CT molecular complexity index is 557. The number of ether oxygens (including phenoxy) is 1. The molecule has 2 rings (SSSR count). The van der Waals surface area contributed by atoms with Crippen molar-refractivity contribution in [1.29, 1.82) is 0 Å². The molecule has 0 unspecified atom stereocenters. The molecule has 0 fully saturated rings. The van der Waals surface area contributed by atoms with E-state index in [2.05, 4.69) is 29.6 Å². The van der Waals surface area contributed by atoms with Crippen LogP contribution in [0.2, 0.25) is 5.02 Å². The van der Waals surface area contributed by atoms with Crippen molar-refractivity contribution in [2.24, 2.45) is 0 Å². The molecule has 0 amide bonds. The van der Waals surface area contributed by atoms with Gasteiger partial charge < -0.3 is 10.1 Å². The number of hydrogen-bond donors (Lipinski definition) is 1. The summed E-state index contributed by atoms with van der Waals surface area (Å²) in [6.07, 6.45) is 2.21. The summed E-state index contributed by atoms with van der Waals surface area (Å²) in [5.41, 5.74) is 3.65. The zero-order chi connectivity index (χ0) is 15.6. The van der Waals surface area contributed by atoms with E-state index >= 15 is 0 Å². The lowest BCUT2D eigenvalue weighted by Crippen LogP contribution is -2.15. The first kappa shape index (κ1) is 17.0. The van der Waals surface area contributed by atoms with Crippen molar-refractivity contribution in [1.82, 2.24) is 5.32 Å². The summed E-state index contributed by atoms with van der Waals surface area (Å²) in [6, 6.07) is 16.5. The highest BCUT2D eigenvalue weighted by Gasteiger charge is 1.98. The zero-order valence-electron chi connectivity index (χ0n) is 13.1. The summed E-state index contributed by atoms with van der Waals surface area (Å²) in [4.78, 5) is 0. The van der Waals surface area contributed by atoms with Crippen molar-refractivity contribution in [2.75, 3.05) is 13.2 Å². The first-order valence-electron chi connectivity index (χ1n) is 7.83. The molecule has 0 spiro atoms. The molecule has 2 nitrogen and oxygen atoms in total. The third-order valence-electron chi connectivity index (χ3n) is 3.56. The smallest absolute Gasteiger partial charge is 0.0716 e. The normalized spacial score (nSPS) is 10.8. The summed E-state index contributed by atoms with van der Waals surface area (Å²) in [7, 11) is 0. The molecule has 0 aliphatic carbocycles. The Morgan fingerprint density at radius 3 is 2.59 bits per heavy atom. The maximum Gasteiger partial charge on any atom is 0.0716 e. The highest BCUT2D eigenvalue weighted by atomic mass is 35.5. The van der Waals surface area contributed by atoms with Gasteiger partial charge in [-0.1, -0.05) is 54.1 Å². The SMILES string of the molecule is Cc1cc(CNCCCCOCc2ccccc2)ccc1Cl. The first-order chi connectivity index (χ1) is 10.8. The van der Waals surface area contributed by atoms with Crippen LogP contribution in [-0.2, 0) is 17.9 Å². The Balaban J connectivity index is 1.50. The molecule has 3 heteroatoms. The van der Waals surface area contributed by atoms with Gasteiger partial charge in [-0.05, 0) is 49.1 Å². The largest absolute Gasteiger partial charge is 0.377 e. The van der Waals surface area contributed by atoms with E-state index in [1.54, 1.807) is 0 Å². The molecule has 2 aromatic rings. The number of hydrogen-bond acceptors (Lipinski definition) is 2. The zero-order valence-corrected chi connectivity index (χ0v) is 13.9. The van der Waals surface area contributed by atoms with Gasteiger partial charge in [0.05, 0.1) is 6.61 Å². The summed E-state index contributed by atoms with van der Waals surface area (Å²) >= 11 is 6.02. The first-order valence-corrected chi connectivity index (χ1v) is 8.21. The lowest BCUT2D eigenvalue weighted by Gasteiger charge is -2.07. The predicted molar refractivity (Wildman–Crippen MR) is 93.2 cm³/mol. The Labute approximate surface area is 138 Å². The second-order valence-corrected chi connectivity index (χ2v) is 5.91. The molecule has 118 valence electrons. The number of aryl methyl sites for hydroxylation is 1. The van der Waals surface area contributed by atoms with Gasteiger partial charge in [-0.15, -0.1) is 0 Å². The van der Waals surface area contributed by atoms with E-state index in [1.807, 2.05) is 31.2 Å². The number of benzene rings is 2. The summed E-state index contributed by atoms with van der Waals surface area (Å²) in [6.45, 7) is 5.46. The molecule has 0 aliphatic heterocycles. The van der Waals surface area contributed by atoms with Crippen molar-refractivity contribution in [3.8, 4) is 0 Å². The van der Waals surface area contributed by atoms with Crippen molar-refractivity contribution >= 4 is 11.6 Å². The van der Waals surface area contributed by atoms with Crippen LogP contribution in [0.15, 0.2) is 48.5 Å². The van der Waals surface area contributed by atoms with Crippen molar-refractivity contribution in [3.05, 3.63) is 70.2 Å². The van der Waals surface area contributed by atoms with Gasteiger partial charge >= 0.3 is 0 Å². The number of unbranched alkanes of at least 4 members (excludes halogenated alkanes) is 1. The molecular formula is C19H24ClNO. The van der Waals surface area contributed by atoms with Gasteiger partial charge in [0.1, 0.15) is 0 Å². The highest BCUT2D eigenvalue weighted by Crippen LogP contribution is 2.16. The molecule has 0 atom stereocenters. The van der Waals surface area contributed by atoms with Crippen molar-refractivity contribution in [3.63, 3.8) is 0 Å². The predicted octanol–water partition coefficient (Wildman–Crippen LogP) is 4.74. The van der Waals surface area contributed by atoms with Gasteiger partial charge in [-0.3, -0.25) is 0 Å². The summed E-state index contributed by atoms with van der Waals surface area (Å²) in [5, 5.41) is 4.29. The van der Waals surface area contributed by atoms with E-state index in [-0.39, 0.29) is 0 Å². The van der Waals surface area contributed by atoms with Gasteiger partial charge in [0.2, 0.25) is 0 Å². The minimum absolute atomic E-state index is 0.707. The fraction of sp³-hybridized carbons (Fsp3) is 0.368. The monoisotopic (exact) mass is 317 g/mol. The van der Waals surface area contributed by atoms with Crippen LogP contribution in [0.3, 0.4) is 0 Å². The molecule has 22 heavy (non-hydrogen) atoms. The van der Waals surface area contributed by atoms with E-state index in [1.165, 1.54) is 11.1 Å². The molecule has 2 aromatic carbocycles. The third kappa shape index (κ3) is 6.18. The topological polar surface area (TPSA) is 21.3 Å². The molecule has 0 bridgehead atoms. The van der Waals surface area contributed by atoms with Gasteiger partial charge in [0, 0.05) is 18.2 Å². The fourth-order valence-electron chi connectivity index (χ4n) is 2.27. The molecular weight excluding hydrogens is 294 g/mol. The van der Waals surface area contributed by atoms with E-state index in [9.17, 15) is 0 Å². The van der Waals surface area contributed by atoms with Crippen LogP contribution >= 0.6 is 11.6 Å². The number of halogens is 1. The average Bonchev–Trinajstić information content (AvgIpc) is 2.54. The molecule has 0 saturated heterocycles. The Morgan fingerprint density at radius 1 is 1.00 bits per heavy atom. The van der Waals surface area contributed by atoms with Crippen LogP contribution in [0.1, 0.15) is 29.5 Å². The maximum atomic E-state index is 6.02. The van der Waals surface area contributed by atoms with Crippen LogP contribution < -0.4 is 5.32 Å². The second kappa shape index (κ2) is 9.62. The highest BCUT2D eigenvalue weighted by molar-refractivity contribution is 6.31. The maximum absolute atomic E-state index is 6.02. The van der Waals surface area contributed by atoms with E-state index in [0.717, 1.165) is 43.1 Å². The Morgan fingerprint density at radius 2 is 1.82 bits per heavy atom. The average molecular weight is 318 g/mol. The molecule has 1 N–H and O–H groups in total. The van der Waals surface area contributed by atoms with Gasteiger partial charge in [0.15, 0.2) is 0 Å². The van der Waals surface area contributed by atoms with Gasteiger partial charge in [0.25, 0.3) is 0 Å². The van der Waals surface area contributed by atoms with E-state index in [0.29, 0.717) is 6.61 Å². The van der Waals surface area contributed by atoms with Crippen molar-refractivity contribution < 1.29 is 4.74 Å². The molecule has 0 radical (unpaired) electrons. The van der Waals surface area contributed by atoms with Gasteiger partial charge in [-0.2, -0.15) is 0 Å². The minimum Gasteiger partial charge on any atom is -0.377 e. The summed E-state index contributed by atoms with van der Waals surface area (Å²) in [5.74, 6) is 0. The Hall–Kier alpha value is -1.35. The molecule has 0 aromatic heterocycles. The fourth-order valence-corrected chi connectivity index (χ4v) is 2.39. The van der Waals surface area contributed by atoms with Crippen LogP contribution in [0.4, 0.5) is 0 Å². The van der Waals surface area contributed by atoms with Crippen LogP contribution in [0.5, 0.6) is 0 Å². The van der Waals surface area contributed by atoms with Crippen molar-refractivity contribution in [2.45, 2.75) is 32.9 Å². The third-order valence-corrected chi connectivity index (χ3v) is 3.98. The quantitative estimate of drug-likeness (QED) is 0.675.